The highest BCUT2D eigenvalue weighted by atomic mass is 19.1. The van der Waals surface area contributed by atoms with E-state index in [1.165, 1.54) is 0 Å². The lowest BCUT2D eigenvalue weighted by Crippen LogP contribution is -2.22. The van der Waals surface area contributed by atoms with E-state index in [1.54, 1.807) is 0 Å². The second-order valence-electron chi connectivity index (χ2n) is 3.30. The number of benzene rings is 1. The number of carboxylic acid groups (broad SMARTS) is 2. The number of halogens is 1. The van der Waals surface area contributed by atoms with E-state index >= 15 is 0 Å². The lowest BCUT2D eigenvalue weighted by Gasteiger charge is -2.10. The van der Waals surface area contributed by atoms with Crippen molar-refractivity contribution >= 4 is 23.3 Å². The summed E-state index contributed by atoms with van der Waals surface area (Å²) in [4.78, 5) is 31.2. The molecule has 0 saturated carbocycles. The van der Waals surface area contributed by atoms with Crippen molar-refractivity contribution in [3.05, 3.63) is 33.6 Å². The molecular formula is C9H7FN2O6. The summed E-state index contributed by atoms with van der Waals surface area (Å²) in [5.74, 6) is -7.02. The number of nitrogen functional groups attached to an aromatic ring is 1. The molecule has 4 N–H and O–H groups in total. The Balaban J connectivity index is 3.60. The third-order valence-electron chi connectivity index (χ3n) is 2.12. The van der Waals surface area contributed by atoms with Crippen LogP contribution in [0.2, 0.25) is 0 Å². The molecule has 8 nitrogen and oxygen atoms in total. The Bertz CT molecular complexity index is 530. The number of nitrogens with two attached hydrogens (primary N) is 1. The first-order chi connectivity index (χ1) is 8.25. The molecular weight excluding hydrogens is 251 g/mol. The zero-order valence-electron chi connectivity index (χ0n) is 8.66. The van der Waals surface area contributed by atoms with Crippen LogP contribution in [0.25, 0.3) is 0 Å². The fourth-order valence-electron chi connectivity index (χ4n) is 1.44. The highest BCUT2D eigenvalue weighted by Crippen LogP contribution is 2.33. The number of hydrogen-bond donors (Lipinski definition) is 3. The van der Waals surface area contributed by atoms with Gasteiger partial charge in [-0.3, -0.25) is 19.7 Å². The van der Waals surface area contributed by atoms with E-state index in [0.29, 0.717) is 12.1 Å². The van der Waals surface area contributed by atoms with Crippen molar-refractivity contribution in [3.63, 3.8) is 0 Å². The zero-order chi connectivity index (χ0) is 14.0. The Hall–Kier alpha value is -2.71. The summed E-state index contributed by atoms with van der Waals surface area (Å²) in [5, 5.41) is 28.2. The van der Waals surface area contributed by atoms with Crippen molar-refractivity contribution in [2.24, 2.45) is 0 Å². The van der Waals surface area contributed by atoms with Gasteiger partial charge in [0, 0.05) is 6.07 Å². The molecule has 0 aliphatic carbocycles. The topological polar surface area (TPSA) is 144 Å². The summed E-state index contributed by atoms with van der Waals surface area (Å²) < 4.78 is 13.1. The first-order valence-electron chi connectivity index (χ1n) is 4.44. The average molecular weight is 258 g/mol. The third kappa shape index (κ3) is 2.34. The Labute approximate surface area is 98.6 Å². The van der Waals surface area contributed by atoms with Crippen molar-refractivity contribution in [2.45, 2.75) is 5.92 Å². The molecule has 1 aromatic rings. The molecule has 0 amide bonds. The van der Waals surface area contributed by atoms with Crippen molar-refractivity contribution in [1.29, 1.82) is 0 Å². The lowest BCUT2D eigenvalue weighted by atomic mass is 9.96. The first kappa shape index (κ1) is 13.4. The minimum Gasteiger partial charge on any atom is -0.480 e. The molecule has 96 valence electrons. The quantitative estimate of drug-likeness (QED) is 0.310. The summed E-state index contributed by atoms with van der Waals surface area (Å²) in [6.45, 7) is 0. The fourth-order valence-corrected chi connectivity index (χ4v) is 1.44. The van der Waals surface area contributed by atoms with Crippen molar-refractivity contribution in [3.8, 4) is 0 Å². The second-order valence-corrected chi connectivity index (χ2v) is 3.30. The molecule has 1 rings (SSSR count). The summed E-state index contributed by atoms with van der Waals surface area (Å²) in [7, 11) is 0. The SMILES string of the molecule is Nc1cc(F)cc(C(C(=O)O)C(=O)O)c1[N+](=O)[O-]. The van der Waals surface area contributed by atoms with Gasteiger partial charge in [0.15, 0.2) is 5.92 Å². The van der Waals surface area contributed by atoms with Crippen LogP contribution in [-0.2, 0) is 9.59 Å². The largest absolute Gasteiger partial charge is 0.480 e. The summed E-state index contributed by atoms with van der Waals surface area (Å²) in [6.07, 6.45) is 0. The zero-order valence-corrected chi connectivity index (χ0v) is 8.66. The third-order valence-corrected chi connectivity index (χ3v) is 2.12. The fraction of sp³-hybridized carbons (Fsp3) is 0.111. The van der Waals surface area contributed by atoms with Crippen LogP contribution in [0.1, 0.15) is 11.5 Å². The van der Waals surface area contributed by atoms with Crippen LogP contribution in [0.3, 0.4) is 0 Å². The normalized spacial score (nSPS) is 10.3. The molecule has 9 heteroatoms. The number of hydrogen-bond acceptors (Lipinski definition) is 5. The van der Waals surface area contributed by atoms with E-state index in [0.717, 1.165) is 0 Å². The Morgan fingerprint density at radius 3 is 2.22 bits per heavy atom. The molecule has 0 saturated heterocycles. The van der Waals surface area contributed by atoms with Gasteiger partial charge in [0.25, 0.3) is 5.69 Å². The molecule has 1 aromatic carbocycles. The molecule has 0 fully saturated rings. The predicted molar refractivity (Wildman–Crippen MR) is 55.5 cm³/mol. The minimum absolute atomic E-state index is 0.474. The standard InChI is InChI=1S/C9H7FN2O6/c10-3-1-4(6(8(13)14)9(15)16)7(12(17)18)5(11)2-3/h1-2,6H,11H2,(H,13,14)(H,15,16). The number of rotatable bonds is 4. The smallest absolute Gasteiger partial charge is 0.322 e. The molecule has 0 radical (unpaired) electrons. The minimum atomic E-state index is -2.26. The number of carboxylic acids is 2. The van der Waals surface area contributed by atoms with E-state index in [1.807, 2.05) is 0 Å². The predicted octanol–water partition coefficient (Wildman–Crippen LogP) is 0.569. The molecule has 0 aliphatic heterocycles. The highest BCUT2D eigenvalue weighted by Gasteiger charge is 2.36. The average Bonchev–Trinajstić information content (AvgIpc) is 2.13. The summed E-state index contributed by atoms with van der Waals surface area (Å²) >= 11 is 0. The molecule has 0 heterocycles. The van der Waals surface area contributed by atoms with Crippen LogP contribution in [0.4, 0.5) is 15.8 Å². The number of anilines is 1. The molecule has 0 bridgehead atoms. The summed E-state index contributed by atoms with van der Waals surface area (Å²) in [5.41, 5.74) is 2.82. The van der Waals surface area contributed by atoms with E-state index in [9.17, 15) is 24.1 Å². The second kappa shape index (κ2) is 4.65. The van der Waals surface area contributed by atoms with Gasteiger partial charge in [-0.1, -0.05) is 0 Å². The maximum absolute atomic E-state index is 13.1. The van der Waals surface area contributed by atoms with Crippen LogP contribution in [-0.4, -0.2) is 27.1 Å². The number of nitro benzene ring substituents is 1. The van der Waals surface area contributed by atoms with E-state index < -0.39 is 45.5 Å². The summed E-state index contributed by atoms with van der Waals surface area (Å²) in [6, 6.07) is 1.09. The van der Waals surface area contributed by atoms with Crippen molar-refractivity contribution in [1.82, 2.24) is 0 Å². The van der Waals surface area contributed by atoms with Crippen molar-refractivity contribution < 1.29 is 29.1 Å². The van der Waals surface area contributed by atoms with E-state index in [2.05, 4.69) is 0 Å². The van der Waals surface area contributed by atoms with Gasteiger partial charge < -0.3 is 15.9 Å². The molecule has 0 unspecified atom stereocenters. The maximum atomic E-state index is 13.1. The van der Waals surface area contributed by atoms with Gasteiger partial charge >= 0.3 is 11.9 Å². The number of nitrogens with zero attached hydrogens (tertiary/aromatic N) is 1. The highest BCUT2D eigenvalue weighted by molar-refractivity contribution is 6.00. The monoisotopic (exact) mass is 258 g/mol. The van der Waals surface area contributed by atoms with Gasteiger partial charge in [-0.2, -0.15) is 0 Å². The molecule has 0 aromatic heterocycles. The van der Waals surface area contributed by atoms with E-state index in [-0.39, 0.29) is 0 Å². The van der Waals surface area contributed by atoms with Gasteiger partial charge in [-0.15, -0.1) is 0 Å². The van der Waals surface area contributed by atoms with Gasteiger partial charge in [0.1, 0.15) is 11.5 Å². The van der Waals surface area contributed by atoms with Gasteiger partial charge in [-0.05, 0) is 6.07 Å². The number of aliphatic carboxylic acids is 2. The number of nitro groups is 1. The Morgan fingerprint density at radius 1 is 1.33 bits per heavy atom. The maximum Gasteiger partial charge on any atom is 0.322 e. The Morgan fingerprint density at radius 2 is 1.83 bits per heavy atom. The van der Waals surface area contributed by atoms with Crippen LogP contribution in [0.5, 0.6) is 0 Å². The van der Waals surface area contributed by atoms with E-state index in [4.69, 9.17) is 15.9 Å². The van der Waals surface area contributed by atoms with Crippen LogP contribution in [0.15, 0.2) is 12.1 Å². The van der Waals surface area contributed by atoms with Crippen LogP contribution < -0.4 is 5.73 Å². The van der Waals surface area contributed by atoms with Crippen LogP contribution in [0, 0.1) is 15.9 Å². The van der Waals surface area contributed by atoms with Gasteiger partial charge in [-0.25, -0.2) is 4.39 Å². The molecule has 18 heavy (non-hydrogen) atoms. The van der Waals surface area contributed by atoms with Crippen LogP contribution >= 0.6 is 0 Å². The molecule has 0 spiro atoms. The Kier molecular flexibility index (Phi) is 3.45. The molecule has 0 aliphatic rings. The first-order valence-corrected chi connectivity index (χ1v) is 4.44. The lowest BCUT2D eigenvalue weighted by molar-refractivity contribution is -0.384. The van der Waals surface area contributed by atoms with Gasteiger partial charge in [0.2, 0.25) is 0 Å². The number of carbonyl (C=O) groups is 2. The van der Waals surface area contributed by atoms with Gasteiger partial charge in [0.05, 0.1) is 10.5 Å². The molecule has 0 atom stereocenters. The van der Waals surface area contributed by atoms with Crippen molar-refractivity contribution in [2.75, 3.05) is 5.73 Å².